The number of hydrogen-bond acceptors (Lipinski definition) is 3. The van der Waals surface area contributed by atoms with Crippen LogP contribution >= 0.6 is 11.6 Å². The molecule has 0 N–H and O–H groups in total. The van der Waals surface area contributed by atoms with Crippen LogP contribution in [-0.4, -0.2) is 26.7 Å². The molecule has 0 bridgehead atoms. The molecule has 3 heterocycles. The molecule has 6 heteroatoms. The average molecular weight is 390 g/mol. The highest BCUT2D eigenvalue weighted by Crippen LogP contribution is 2.21. The van der Waals surface area contributed by atoms with E-state index < -0.39 is 0 Å². The monoisotopic (exact) mass is 389 g/mol. The van der Waals surface area contributed by atoms with Gasteiger partial charge in [0.1, 0.15) is 5.65 Å². The van der Waals surface area contributed by atoms with Crippen LogP contribution in [0.2, 0.25) is 5.02 Å². The quantitative estimate of drug-likeness (QED) is 0.466. The van der Waals surface area contributed by atoms with Crippen molar-refractivity contribution in [2.75, 3.05) is 6.54 Å². The zero-order valence-corrected chi connectivity index (χ0v) is 15.7. The average Bonchev–Trinajstić information content (AvgIpc) is 2.73. The fraction of sp³-hybridized carbons (Fsp3) is 0.136. The molecule has 5 nitrogen and oxygen atoms in total. The van der Waals surface area contributed by atoms with Gasteiger partial charge in [-0.05, 0) is 47.9 Å². The Morgan fingerprint density at radius 2 is 1.86 bits per heavy atom. The van der Waals surface area contributed by atoms with Gasteiger partial charge in [-0.2, -0.15) is 0 Å². The zero-order chi connectivity index (χ0) is 19.3. The topological polar surface area (TPSA) is 54.7 Å². The van der Waals surface area contributed by atoms with Gasteiger partial charge in [-0.1, -0.05) is 35.9 Å². The fourth-order valence-corrected chi connectivity index (χ4v) is 3.93. The van der Waals surface area contributed by atoms with E-state index in [0.29, 0.717) is 40.2 Å². The predicted molar refractivity (Wildman–Crippen MR) is 109 cm³/mol. The Bertz CT molecular complexity index is 1310. The number of hydrogen-bond donors (Lipinski definition) is 0. The molecule has 138 valence electrons. The number of nitrogens with zero attached hydrogens (tertiary/aromatic N) is 3. The Kier molecular flexibility index (Phi) is 3.91. The summed E-state index contributed by atoms with van der Waals surface area (Å²) in [7, 11) is 0. The van der Waals surface area contributed by atoms with Gasteiger partial charge in [-0.3, -0.25) is 14.0 Å². The largest absolute Gasteiger partial charge is 0.334 e. The summed E-state index contributed by atoms with van der Waals surface area (Å²) in [5.41, 5.74) is 3.77. The van der Waals surface area contributed by atoms with E-state index in [4.69, 9.17) is 11.6 Å². The van der Waals surface area contributed by atoms with E-state index >= 15 is 0 Å². The molecule has 1 aliphatic rings. The van der Waals surface area contributed by atoms with Gasteiger partial charge in [0.15, 0.2) is 0 Å². The van der Waals surface area contributed by atoms with E-state index in [-0.39, 0.29) is 11.5 Å². The van der Waals surface area contributed by atoms with Gasteiger partial charge in [0, 0.05) is 24.3 Å². The fourth-order valence-electron chi connectivity index (χ4n) is 3.76. The third kappa shape index (κ3) is 2.75. The maximum atomic E-state index is 13.1. The molecule has 0 fully saturated rings. The van der Waals surface area contributed by atoms with Crippen LogP contribution in [0, 0.1) is 0 Å². The Labute approximate surface area is 165 Å². The van der Waals surface area contributed by atoms with Gasteiger partial charge < -0.3 is 4.90 Å². The molecule has 1 amide bonds. The summed E-state index contributed by atoms with van der Waals surface area (Å²) in [6, 6.07) is 16.7. The second kappa shape index (κ2) is 6.46. The number of halogens is 1. The molecule has 4 aromatic rings. The van der Waals surface area contributed by atoms with Crippen LogP contribution < -0.4 is 5.56 Å². The summed E-state index contributed by atoms with van der Waals surface area (Å²) >= 11 is 6.03. The molecule has 0 saturated carbocycles. The Hall–Kier alpha value is -3.18. The van der Waals surface area contributed by atoms with E-state index in [9.17, 15) is 9.59 Å². The molecule has 0 saturated heterocycles. The Morgan fingerprint density at radius 1 is 1.04 bits per heavy atom. The first kappa shape index (κ1) is 17.0. The number of rotatable bonds is 1. The first-order valence-corrected chi connectivity index (χ1v) is 9.46. The first-order valence-electron chi connectivity index (χ1n) is 9.08. The molecule has 5 rings (SSSR count). The summed E-state index contributed by atoms with van der Waals surface area (Å²) < 4.78 is 1.42. The van der Waals surface area contributed by atoms with Gasteiger partial charge in [0.05, 0.1) is 16.5 Å². The number of carbonyl (C=O) groups excluding carboxylic acids is 1. The van der Waals surface area contributed by atoms with Gasteiger partial charge in [0.2, 0.25) is 0 Å². The zero-order valence-electron chi connectivity index (χ0n) is 14.9. The number of fused-ring (bicyclic) bond motifs is 3. The van der Waals surface area contributed by atoms with Crippen LogP contribution in [0.1, 0.15) is 21.5 Å². The highest BCUT2D eigenvalue weighted by Gasteiger charge is 2.22. The molecule has 2 aromatic heterocycles. The van der Waals surface area contributed by atoms with E-state index in [2.05, 4.69) is 17.1 Å². The Morgan fingerprint density at radius 3 is 2.71 bits per heavy atom. The van der Waals surface area contributed by atoms with E-state index in [0.717, 1.165) is 6.42 Å². The summed E-state index contributed by atoms with van der Waals surface area (Å²) in [6.45, 7) is 1.24. The van der Waals surface area contributed by atoms with Crippen LogP contribution in [-0.2, 0) is 13.0 Å². The lowest BCUT2D eigenvalue weighted by Crippen LogP contribution is -2.36. The van der Waals surface area contributed by atoms with Crippen molar-refractivity contribution in [3.63, 3.8) is 0 Å². The minimum Gasteiger partial charge on any atom is -0.334 e. The smallest absolute Gasteiger partial charge is 0.265 e. The summed E-state index contributed by atoms with van der Waals surface area (Å²) in [6.07, 6.45) is 2.41. The molecular weight excluding hydrogens is 374 g/mol. The van der Waals surface area contributed by atoms with Gasteiger partial charge >= 0.3 is 0 Å². The lowest BCUT2D eigenvalue weighted by atomic mass is 9.99. The number of aromatic nitrogens is 2. The number of pyridine rings is 1. The van der Waals surface area contributed by atoms with Crippen LogP contribution in [0.4, 0.5) is 0 Å². The van der Waals surface area contributed by atoms with E-state index in [1.54, 1.807) is 36.5 Å². The van der Waals surface area contributed by atoms with Gasteiger partial charge in [-0.15, -0.1) is 0 Å². The highest BCUT2D eigenvalue weighted by atomic mass is 35.5. The molecule has 28 heavy (non-hydrogen) atoms. The second-order valence-electron chi connectivity index (χ2n) is 6.97. The van der Waals surface area contributed by atoms with Crippen LogP contribution in [0.25, 0.3) is 16.6 Å². The minimum absolute atomic E-state index is 0.0884. The summed E-state index contributed by atoms with van der Waals surface area (Å²) in [5.74, 6) is -0.0884. The predicted octanol–water partition coefficient (Wildman–Crippen LogP) is 3.70. The summed E-state index contributed by atoms with van der Waals surface area (Å²) in [4.78, 5) is 32.3. The minimum atomic E-state index is -0.235. The van der Waals surface area contributed by atoms with E-state index in [1.165, 1.54) is 15.5 Å². The third-order valence-electron chi connectivity index (χ3n) is 5.23. The normalized spacial score (nSPS) is 13.7. The van der Waals surface area contributed by atoms with Gasteiger partial charge in [0.25, 0.3) is 11.5 Å². The van der Waals surface area contributed by atoms with Crippen LogP contribution in [0.5, 0.6) is 0 Å². The van der Waals surface area contributed by atoms with Crippen LogP contribution in [0.3, 0.4) is 0 Å². The molecule has 0 radical (unpaired) electrons. The SMILES string of the molecule is O=C(c1ccc2nc3ccc(Cl)cc3c(=O)n2c1)N1CCc2ccccc2C1. The van der Waals surface area contributed by atoms with Crippen molar-refractivity contribution in [1.29, 1.82) is 0 Å². The molecule has 2 aromatic carbocycles. The van der Waals surface area contributed by atoms with Crippen molar-refractivity contribution in [3.05, 3.63) is 92.9 Å². The number of benzene rings is 2. The van der Waals surface area contributed by atoms with Crippen molar-refractivity contribution >= 4 is 34.1 Å². The molecule has 0 atom stereocenters. The van der Waals surface area contributed by atoms with Gasteiger partial charge in [-0.25, -0.2) is 4.98 Å². The Balaban J connectivity index is 1.56. The maximum absolute atomic E-state index is 13.1. The maximum Gasteiger partial charge on any atom is 0.265 e. The third-order valence-corrected chi connectivity index (χ3v) is 5.47. The molecule has 0 spiro atoms. The van der Waals surface area contributed by atoms with Crippen molar-refractivity contribution in [3.8, 4) is 0 Å². The standard InChI is InChI=1S/C22H16ClN3O2/c23-17-6-7-19-18(11-17)22(28)26-13-16(5-8-20(26)24-19)21(27)25-10-9-14-3-1-2-4-15(14)12-25/h1-8,11,13H,9-10,12H2. The van der Waals surface area contributed by atoms with Crippen molar-refractivity contribution in [1.82, 2.24) is 14.3 Å². The summed E-state index contributed by atoms with van der Waals surface area (Å²) in [5, 5.41) is 0.909. The molecule has 1 aliphatic heterocycles. The second-order valence-corrected chi connectivity index (χ2v) is 7.41. The van der Waals surface area contributed by atoms with Crippen molar-refractivity contribution in [2.24, 2.45) is 0 Å². The van der Waals surface area contributed by atoms with Crippen molar-refractivity contribution < 1.29 is 4.79 Å². The van der Waals surface area contributed by atoms with Crippen LogP contribution in [0.15, 0.2) is 65.6 Å². The first-order chi connectivity index (χ1) is 13.6. The number of carbonyl (C=O) groups is 1. The molecule has 0 aliphatic carbocycles. The lowest BCUT2D eigenvalue weighted by molar-refractivity contribution is 0.0734. The van der Waals surface area contributed by atoms with E-state index in [1.807, 2.05) is 17.0 Å². The lowest BCUT2D eigenvalue weighted by Gasteiger charge is -2.29. The van der Waals surface area contributed by atoms with Crippen molar-refractivity contribution in [2.45, 2.75) is 13.0 Å². The molecule has 0 unspecified atom stereocenters. The highest BCUT2D eigenvalue weighted by molar-refractivity contribution is 6.31. The number of amides is 1. The molecular formula is C22H16ClN3O2.